The number of methoxy groups -OCH3 is 2. The highest BCUT2D eigenvalue weighted by Gasteiger charge is 2.36. The highest BCUT2D eigenvalue weighted by molar-refractivity contribution is 8.27. The highest BCUT2D eigenvalue weighted by atomic mass is 32.2. The lowest BCUT2D eigenvalue weighted by molar-refractivity contribution is -0.114. The number of pyridine rings is 1. The largest absolute Gasteiger partial charge is 0.497 e. The van der Waals surface area contributed by atoms with Crippen molar-refractivity contribution >= 4 is 39.8 Å². The number of aromatic nitrogens is 1. The molecule has 0 fully saturated rings. The van der Waals surface area contributed by atoms with Gasteiger partial charge in [-0.3, -0.25) is 15.2 Å². The number of hydrazone groups is 1. The van der Waals surface area contributed by atoms with Crippen LogP contribution in [0.15, 0.2) is 82.7 Å². The van der Waals surface area contributed by atoms with Gasteiger partial charge in [0.15, 0.2) is 17.3 Å². The Balaban J connectivity index is 1.22. The van der Waals surface area contributed by atoms with Crippen molar-refractivity contribution in [3.63, 3.8) is 0 Å². The summed E-state index contributed by atoms with van der Waals surface area (Å²) in [6, 6.07) is 16.4. The molecule has 3 heterocycles. The number of amides is 1. The first kappa shape index (κ1) is 26.0. The first-order valence-corrected chi connectivity index (χ1v) is 12.9. The van der Waals surface area contributed by atoms with E-state index in [0.29, 0.717) is 46.9 Å². The minimum Gasteiger partial charge on any atom is -0.497 e. The number of carbonyl (C=O) groups excluding carboxylic acids is 1. The average molecular weight is 544 g/mol. The number of rotatable bonds is 10. The zero-order valence-corrected chi connectivity index (χ0v) is 22.1. The van der Waals surface area contributed by atoms with E-state index in [4.69, 9.17) is 24.4 Å². The van der Waals surface area contributed by atoms with E-state index in [0.717, 1.165) is 17.1 Å². The molecule has 10 nitrogen and oxygen atoms in total. The minimum absolute atomic E-state index is 0.0486. The van der Waals surface area contributed by atoms with Gasteiger partial charge in [0.05, 0.1) is 33.0 Å². The van der Waals surface area contributed by atoms with Crippen molar-refractivity contribution in [1.29, 1.82) is 5.41 Å². The molecule has 0 spiro atoms. The van der Waals surface area contributed by atoms with Crippen LogP contribution >= 0.6 is 11.8 Å². The number of hydrogen-bond donors (Lipinski definition) is 1. The summed E-state index contributed by atoms with van der Waals surface area (Å²) >= 11 is 1.23. The van der Waals surface area contributed by atoms with Crippen molar-refractivity contribution in [2.75, 3.05) is 27.4 Å². The molecule has 2 aromatic carbocycles. The summed E-state index contributed by atoms with van der Waals surface area (Å²) in [5.41, 5.74) is 1.58. The van der Waals surface area contributed by atoms with E-state index in [2.05, 4.69) is 15.1 Å². The van der Waals surface area contributed by atoms with E-state index in [-0.39, 0.29) is 11.4 Å². The molecule has 2 aliphatic heterocycles. The van der Waals surface area contributed by atoms with E-state index in [1.54, 1.807) is 57.0 Å². The number of carbonyl (C=O) groups is 1. The Labute approximate surface area is 229 Å². The normalized spacial score (nSPS) is 15.5. The van der Waals surface area contributed by atoms with Crippen LogP contribution in [0.1, 0.15) is 17.5 Å². The molecule has 0 saturated carbocycles. The maximum atomic E-state index is 12.8. The summed E-state index contributed by atoms with van der Waals surface area (Å²) in [7, 11) is 3.17. The van der Waals surface area contributed by atoms with Crippen LogP contribution in [0.25, 0.3) is 6.08 Å². The third kappa shape index (κ3) is 5.93. The lowest BCUT2D eigenvalue weighted by Crippen LogP contribution is -2.35. The Bertz CT molecular complexity index is 1470. The van der Waals surface area contributed by atoms with Crippen LogP contribution in [0.5, 0.6) is 23.0 Å². The molecule has 198 valence electrons. The first-order chi connectivity index (χ1) is 19.1. The molecule has 0 aliphatic carbocycles. The van der Waals surface area contributed by atoms with Crippen molar-refractivity contribution in [3.05, 3.63) is 83.7 Å². The third-order valence-corrected chi connectivity index (χ3v) is 6.69. The van der Waals surface area contributed by atoms with Crippen molar-refractivity contribution in [2.45, 2.75) is 6.42 Å². The van der Waals surface area contributed by atoms with Crippen LogP contribution in [0.4, 0.5) is 0 Å². The molecule has 0 radical (unpaired) electrons. The van der Waals surface area contributed by atoms with Gasteiger partial charge in [-0.1, -0.05) is 6.07 Å². The molecule has 3 aromatic rings. The second-order valence-corrected chi connectivity index (χ2v) is 9.26. The Kier molecular flexibility index (Phi) is 7.88. The molecule has 1 N–H and O–H groups in total. The van der Waals surface area contributed by atoms with Crippen LogP contribution in [-0.2, 0) is 4.79 Å². The summed E-state index contributed by atoms with van der Waals surface area (Å²) in [5.74, 6) is 2.06. The fraction of sp³-hybridized carbons (Fsp3) is 0.179. The number of amidine groups is 2. The van der Waals surface area contributed by atoms with Gasteiger partial charge in [0, 0.05) is 24.4 Å². The maximum Gasteiger partial charge on any atom is 0.283 e. The molecule has 1 aromatic heterocycles. The first-order valence-electron chi connectivity index (χ1n) is 12.0. The minimum atomic E-state index is -0.502. The lowest BCUT2D eigenvalue weighted by atomic mass is 10.1. The number of aliphatic imine (C=N–C) groups is 1. The molecule has 0 atom stereocenters. The second-order valence-electron chi connectivity index (χ2n) is 8.30. The van der Waals surface area contributed by atoms with E-state index in [1.165, 1.54) is 16.8 Å². The van der Waals surface area contributed by atoms with Gasteiger partial charge in [0.2, 0.25) is 5.17 Å². The summed E-state index contributed by atoms with van der Waals surface area (Å²) in [6.45, 7) is 0.919. The van der Waals surface area contributed by atoms with Gasteiger partial charge in [0.25, 0.3) is 5.91 Å². The van der Waals surface area contributed by atoms with Crippen LogP contribution in [-0.4, -0.2) is 59.4 Å². The summed E-state index contributed by atoms with van der Waals surface area (Å²) in [5, 5.41) is 15.4. The summed E-state index contributed by atoms with van der Waals surface area (Å²) in [4.78, 5) is 21.0. The van der Waals surface area contributed by atoms with Gasteiger partial charge in [-0.15, -0.1) is 0 Å². The molecular formula is C28H25N5O5S. The van der Waals surface area contributed by atoms with E-state index < -0.39 is 5.91 Å². The van der Waals surface area contributed by atoms with Gasteiger partial charge in [-0.05, 0) is 71.9 Å². The average Bonchev–Trinajstić information content (AvgIpc) is 3.40. The third-order valence-electron chi connectivity index (χ3n) is 5.74. The van der Waals surface area contributed by atoms with Gasteiger partial charge in [-0.2, -0.15) is 15.1 Å². The molecule has 0 bridgehead atoms. The lowest BCUT2D eigenvalue weighted by Gasteiger charge is -2.20. The van der Waals surface area contributed by atoms with Crippen LogP contribution in [0.2, 0.25) is 0 Å². The zero-order chi connectivity index (χ0) is 27.2. The summed E-state index contributed by atoms with van der Waals surface area (Å²) < 4.78 is 22.3. The molecule has 2 aliphatic rings. The van der Waals surface area contributed by atoms with Crippen LogP contribution in [0.3, 0.4) is 0 Å². The predicted molar refractivity (Wildman–Crippen MR) is 150 cm³/mol. The second kappa shape index (κ2) is 11.8. The van der Waals surface area contributed by atoms with Crippen molar-refractivity contribution < 1.29 is 23.7 Å². The van der Waals surface area contributed by atoms with Gasteiger partial charge in [0.1, 0.15) is 16.5 Å². The van der Waals surface area contributed by atoms with E-state index in [9.17, 15) is 4.79 Å². The number of fused-ring (bicyclic) bond motifs is 1. The molecule has 0 saturated heterocycles. The molecule has 0 unspecified atom stereocenters. The monoisotopic (exact) mass is 543 g/mol. The van der Waals surface area contributed by atoms with Crippen LogP contribution < -0.4 is 18.9 Å². The number of nitrogens with one attached hydrogen (secondary N) is 1. The van der Waals surface area contributed by atoms with E-state index >= 15 is 0 Å². The van der Waals surface area contributed by atoms with Gasteiger partial charge >= 0.3 is 0 Å². The standard InChI is InChI=1S/C28H25N5O5S/c1-35-20-7-9-21(10-8-20)37-13-4-14-38-23-11-6-18(16-24(23)36-2)15-22-25(29)33-28(31-26(22)34)39-27(32-33)19-5-3-12-30-17-19/h3,5-12,15-17,29H,4,13-14H2,1-2H3. The zero-order valence-electron chi connectivity index (χ0n) is 21.3. The predicted octanol–water partition coefficient (Wildman–Crippen LogP) is 4.61. The van der Waals surface area contributed by atoms with Crippen molar-refractivity contribution in [1.82, 2.24) is 9.99 Å². The number of thioether (sulfide) groups is 1. The smallest absolute Gasteiger partial charge is 0.283 e. The van der Waals surface area contributed by atoms with E-state index in [1.807, 2.05) is 30.3 Å². The fourth-order valence-corrected chi connectivity index (χ4v) is 4.64. The maximum absolute atomic E-state index is 12.8. The quantitative estimate of drug-likeness (QED) is 0.291. The van der Waals surface area contributed by atoms with Gasteiger partial charge in [-0.25, -0.2) is 0 Å². The number of ether oxygens (including phenoxy) is 4. The number of benzene rings is 2. The Hall–Kier alpha value is -4.64. The Morgan fingerprint density at radius 3 is 2.51 bits per heavy atom. The van der Waals surface area contributed by atoms with Crippen molar-refractivity contribution in [2.24, 2.45) is 10.1 Å². The van der Waals surface area contributed by atoms with Crippen molar-refractivity contribution in [3.8, 4) is 23.0 Å². The molecule has 11 heteroatoms. The Morgan fingerprint density at radius 2 is 1.77 bits per heavy atom. The van der Waals surface area contributed by atoms with Crippen LogP contribution in [0, 0.1) is 5.41 Å². The molecule has 39 heavy (non-hydrogen) atoms. The topological polar surface area (TPSA) is 119 Å². The molecule has 1 amide bonds. The number of hydrogen-bond acceptors (Lipinski definition) is 9. The highest BCUT2D eigenvalue weighted by Crippen LogP contribution is 2.32. The summed E-state index contributed by atoms with van der Waals surface area (Å²) in [6.07, 6.45) is 5.62. The SMILES string of the molecule is COc1ccc(OCCCOc2ccc(C=C3C(=N)N4N=C(c5cccnc5)SC4=NC3=O)cc2OC)cc1. The molecular weight excluding hydrogens is 518 g/mol. The van der Waals surface area contributed by atoms with Gasteiger partial charge < -0.3 is 18.9 Å². The Morgan fingerprint density at radius 1 is 0.974 bits per heavy atom. The molecule has 5 rings (SSSR count). The number of nitrogens with zero attached hydrogens (tertiary/aromatic N) is 4. The fourth-order valence-electron chi connectivity index (χ4n) is 3.76.